The zero-order valence-corrected chi connectivity index (χ0v) is 12.7. The summed E-state index contributed by atoms with van der Waals surface area (Å²) in [6.45, 7) is 0. The number of hydrogen-bond acceptors (Lipinski definition) is 3. The van der Waals surface area contributed by atoms with Crippen LogP contribution in [0, 0.1) is 5.82 Å². The van der Waals surface area contributed by atoms with Crippen LogP contribution in [0.4, 0.5) is 28.9 Å². The van der Waals surface area contributed by atoms with Gasteiger partial charge in [0.15, 0.2) is 5.69 Å². The van der Waals surface area contributed by atoms with Crippen molar-refractivity contribution in [2.75, 3.05) is 10.6 Å². The molecule has 0 aliphatic heterocycles. The lowest BCUT2D eigenvalue weighted by atomic mass is 10.2. The number of alkyl halides is 3. The molecule has 2 amide bonds. The van der Waals surface area contributed by atoms with Crippen LogP contribution in [-0.2, 0) is 11.8 Å². The van der Waals surface area contributed by atoms with E-state index in [1.54, 1.807) is 0 Å². The van der Waals surface area contributed by atoms with Crippen LogP contribution < -0.4 is 10.6 Å². The second-order valence-corrected chi connectivity index (χ2v) is 5.03. The van der Waals surface area contributed by atoms with E-state index in [0.717, 1.165) is 16.9 Å². The molecule has 0 aliphatic rings. The molecule has 0 bridgehead atoms. The third kappa shape index (κ3) is 4.02. The quantitative estimate of drug-likeness (QED) is 0.822. The Kier molecular flexibility index (Phi) is 4.78. The maximum atomic E-state index is 13.7. The van der Waals surface area contributed by atoms with E-state index in [2.05, 4.69) is 10.4 Å². The number of hydrogen-bond donors (Lipinski definition) is 2. The second kappa shape index (κ2) is 6.48. The minimum atomic E-state index is -5.13. The van der Waals surface area contributed by atoms with E-state index in [0.29, 0.717) is 0 Å². The van der Waals surface area contributed by atoms with Crippen LogP contribution in [0.2, 0.25) is 5.02 Å². The van der Waals surface area contributed by atoms with Crippen molar-refractivity contribution in [3.63, 3.8) is 0 Å². The third-order valence-corrected chi connectivity index (χ3v) is 2.96. The molecule has 0 spiro atoms. The molecule has 2 rings (SSSR count). The molecule has 6 nitrogen and oxygen atoms in total. The zero-order chi connectivity index (χ0) is 18.1. The molecule has 0 atom stereocenters. The predicted molar refractivity (Wildman–Crippen MR) is 77.3 cm³/mol. The van der Waals surface area contributed by atoms with Crippen molar-refractivity contribution in [2.45, 2.75) is 6.18 Å². The summed E-state index contributed by atoms with van der Waals surface area (Å²) >= 11 is 5.58. The normalized spacial score (nSPS) is 11.2. The van der Waals surface area contributed by atoms with Gasteiger partial charge in [-0.05, 0) is 18.2 Å². The fourth-order valence-corrected chi connectivity index (χ4v) is 1.87. The summed E-state index contributed by atoms with van der Waals surface area (Å²) in [5, 5.41) is 7.44. The predicted octanol–water partition coefficient (Wildman–Crippen LogP) is 2.97. The molecule has 1 aromatic heterocycles. The minimum absolute atomic E-state index is 0.0986. The summed E-state index contributed by atoms with van der Waals surface area (Å²) in [5.74, 6) is -4.11. The van der Waals surface area contributed by atoms with E-state index in [1.165, 1.54) is 24.5 Å². The van der Waals surface area contributed by atoms with Crippen LogP contribution in [0.1, 0.15) is 10.5 Å². The SMILES string of the molecule is Cn1cc(NC(=O)C(F)(F)F)c(C(=O)Nc2ccc(Cl)cc2F)n1. The Bertz CT molecular complexity index is 804. The molecule has 0 saturated carbocycles. The van der Waals surface area contributed by atoms with E-state index in [4.69, 9.17) is 11.6 Å². The van der Waals surface area contributed by atoms with E-state index in [-0.39, 0.29) is 10.7 Å². The lowest BCUT2D eigenvalue weighted by Crippen LogP contribution is -2.30. The fraction of sp³-hybridized carbons (Fsp3) is 0.154. The number of halogens is 5. The van der Waals surface area contributed by atoms with Gasteiger partial charge in [-0.25, -0.2) is 4.39 Å². The van der Waals surface area contributed by atoms with Gasteiger partial charge < -0.3 is 10.6 Å². The molecule has 2 aromatic rings. The molecule has 2 N–H and O–H groups in total. The van der Waals surface area contributed by atoms with Gasteiger partial charge in [0.1, 0.15) is 5.82 Å². The van der Waals surface area contributed by atoms with Gasteiger partial charge in [-0.15, -0.1) is 0 Å². The van der Waals surface area contributed by atoms with Gasteiger partial charge in [0.05, 0.1) is 11.4 Å². The number of carbonyl (C=O) groups excluding carboxylic acids is 2. The van der Waals surface area contributed by atoms with Crippen molar-refractivity contribution < 1.29 is 27.2 Å². The van der Waals surface area contributed by atoms with E-state index in [9.17, 15) is 27.2 Å². The highest BCUT2D eigenvalue weighted by Crippen LogP contribution is 2.23. The maximum absolute atomic E-state index is 13.7. The topological polar surface area (TPSA) is 76.0 Å². The smallest absolute Gasteiger partial charge is 0.318 e. The Morgan fingerprint density at radius 1 is 1.21 bits per heavy atom. The molecule has 0 unspecified atom stereocenters. The van der Waals surface area contributed by atoms with Crippen LogP contribution in [0.25, 0.3) is 0 Å². The number of rotatable bonds is 3. The van der Waals surface area contributed by atoms with Crippen molar-refractivity contribution in [3.05, 3.63) is 40.9 Å². The average Bonchev–Trinajstić information content (AvgIpc) is 2.81. The van der Waals surface area contributed by atoms with Gasteiger partial charge >= 0.3 is 12.1 Å². The molecule has 1 aromatic carbocycles. The summed E-state index contributed by atoms with van der Waals surface area (Å²) < 4.78 is 51.6. The Morgan fingerprint density at radius 3 is 2.46 bits per heavy atom. The number of aryl methyl sites for hydroxylation is 1. The lowest BCUT2D eigenvalue weighted by Gasteiger charge is -2.08. The second-order valence-electron chi connectivity index (χ2n) is 4.60. The molecule has 1 heterocycles. The van der Waals surface area contributed by atoms with Crippen molar-refractivity contribution in [2.24, 2.45) is 7.05 Å². The van der Waals surface area contributed by atoms with Crippen LogP contribution >= 0.6 is 11.6 Å². The summed E-state index contributed by atoms with van der Waals surface area (Å²) in [6, 6.07) is 3.43. The molecule has 128 valence electrons. The van der Waals surface area contributed by atoms with Gasteiger partial charge in [-0.2, -0.15) is 18.3 Å². The molecule has 0 radical (unpaired) electrons. The summed E-state index contributed by atoms with van der Waals surface area (Å²) in [5.41, 5.74) is -1.22. The van der Waals surface area contributed by atoms with Crippen LogP contribution in [-0.4, -0.2) is 27.8 Å². The number of nitrogens with zero attached hydrogens (tertiary/aromatic N) is 2. The first kappa shape index (κ1) is 17.7. The minimum Gasteiger partial charge on any atom is -0.318 e. The lowest BCUT2D eigenvalue weighted by molar-refractivity contribution is -0.167. The van der Waals surface area contributed by atoms with Crippen LogP contribution in [0.3, 0.4) is 0 Å². The molecule has 0 saturated heterocycles. The first-order valence-corrected chi connectivity index (χ1v) is 6.64. The Labute approximate surface area is 137 Å². The molecule has 0 aliphatic carbocycles. The number of carbonyl (C=O) groups is 2. The van der Waals surface area contributed by atoms with Gasteiger partial charge in [-0.1, -0.05) is 11.6 Å². The summed E-state index contributed by atoms with van der Waals surface area (Å²) in [7, 11) is 1.34. The zero-order valence-electron chi connectivity index (χ0n) is 11.9. The summed E-state index contributed by atoms with van der Waals surface area (Å²) in [6.07, 6.45) is -4.12. The number of aromatic nitrogens is 2. The van der Waals surface area contributed by atoms with E-state index >= 15 is 0 Å². The molecule has 11 heteroatoms. The summed E-state index contributed by atoms with van der Waals surface area (Å²) in [4.78, 5) is 23.1. The Morgan fingerprint density at radius 2 is 1.88 bits per heavy atom. The molecule has 0 fully saturated rings. The van der Waals surface area contributed by atoms with Gasteiger partial charge in [0, 0.05) is 18.3 Å². The van der Waals surface area contributed by atoms with Crippen molar-refractivity contribution in [3.8, 4) is 0 Å². The molecular weight excluding hydrogens is 356 g/mol. The number of nitrogens with one attached hydrogen (secondary N) is 2. The van der Waals surface area contributed by atoms with Crippen molar-refractivity contribution in [1.82, 2.24) is 9.78 Å². The Hall–Kier alpha value is -2.62. The van der Waals surface area contributed by atoms with E-state index < -0.39 is 35.2 Å². The third-order valence-electron chi connectivity index (χ3n) is 2.73. The highest BCUT2D eigenvalue weighted by Gasteiger charge is 2.39. The first-order valence-electron chi connectivity index (χ1n) is 6.26. The fourth-order valence-electron chi connectivity index (χ4n) is 1.71. The molecule has 24 heavy (non-hydrogen) atoms. The Balaban J connectivity index is 2.25. The van der Waals surface area contributed by atoms with Crippen LogP contribution in [0.5, 0.6) is 0 Å². The first-order chi connectivity index (χ1) is 11.1. The number of anilines is 2. The average molecular weight is 365 g/mol. The van der Waals surface area contributed by atoms with Gasteiger partial charge in [0.2, 0.25) is 0 Å². The van der Waals surface area contributed by atoms with Crippen molar-refractivity contribution >= 4 is 34.8 Å². The largest absolute Gasteiger partial charge is 0.471 e. The number of amides is 2. The molecular formula is C13H9ClF4N4O2. The van der Waals surface area contributed by atoms with Gasteiger partial charge in [-0.3, -0.25) is 14.3 Å². The number of benzene rings is 1. The highest BCUT2D eigenvalue weighted by atomic mass is 35.5. The van der Waals surface area contributed by atoms with E-state index in [1.807, 2.05) is 0 Å². The van der Waals surface area contributed by atoms with Gasteiger partial charge in [0.25, 0.3) is 5.91 Å². The monoisotopic (exact) mass is 364 g/mol. The van der Waals surface area contributed by atoms with Crippen molar-refractivity contribution in [1.29, 1.82) is 0 Å². The highest BCUT2D eigenvalue weighted by molar-refractivity contribution is 6.30. The van der Waals surface area contributed by atoms with Crippen LogP contribution in [0.15, 0.2) is 24.4 Å². The standard InChI is InChI=1S/C13H9ClF4N4O2/c1-22-5-9(20-12(24)13(16,17)18)10(21-22)11(23)19-8-3-2-6(14)4-7(8)15/h2-5H,1H3,(H,19,23)(H,20,24). The maximum Gasteiger partial charge on any atom is 0.471 e.